The third kappa shape index (κ3) is 391. The van der Waals surface area contributed by atoms with Crippen LogP contribution in [0, 0.1) is 0 Å². The first-order valence-electron chi connectivity index (χ1n) is 2.15. The van der Waals surface area contributed by atoms with Crippen LogP contribution in [-0.4, -0.2) is 38.6 Å². The summed E-state index contributed by atoms with van der Waals surface area (Å²) in [6, 6.07) is 0. The van der Waals surface area contributed by atoms with E-state index in [4.69, 9.17) is 5.84 Å². The van der Waals surface area contributed by atoms with E-state index in [2.05, 4.69) is 0 Å². The number of hydrogen-bond donors (Lipinski definition) is 1. The quantitative estimate of drug-likeness (QED) is 0.212. The monoisotopic (exact) mass is 122 g/mol. The first-order valence-corrected chi connectivity index (χ1v) is 10.2. The number of hydrogen-bond acceptors (Lipinski definition) is 2. The second-order valence-corrected chi connectivity index (χ2v) is 0.964. The lowest BCUT2D eigenvalue weighted by atomic mass is 11.2. The molecule has 0 aromatic heterocycles. The van der Waals surface area contributed by atoms with E-state index in [1.165, 1.54) is 24.5 Å². The van der Waals surface area contributed by atoms with Crippen molar-refractivity contribution in [3.63, 3.8) is 0 Å². The molecule has 0 saturated heterocycles. The van der Waals surface area contributed by atoms with Crippen LogP contribution >= 0.6 is 0 Å². The molecule has 0 aromatic carbocycles. The third-order valence-electron chi connectivity index (χ3n) is 0. The van der Waals surface area contributed by atoms with Crippen LogP contribution < -0.4 is 5.84 Å². The second kappa shape index (κ2) is 9.02. The van der Waals surface area contributed by atoms with Crippen LogP contribution in [0.4, 0.5) is 0 Å². The van der Waals surface area contributed by atoms with E-state index in [9.17, 15) is 0 Å². The Hall–Kier alpha value is 0.354. The van der Waals surface area contributed by atoms with Gasteiger partial charge >= 0.3 is 0 Å². The molecular formula is C2H14N2Si2. The summed E-state index contributed by atoms with van der Waals surface area (Å²) in [6.45, 7) is 0. The van der Waals surface area contributed by atoms with Crippen LogP contribution in [0.3, 0.4) is 0 Å². The van der Waals surface area contributed by atoms with Gasteiger partial charge in [0.15, 0.2) is 0 Å². The molecule has 0 bridgehead atoms. The van der Waals surface area contributed by atoms with E-state index in [0.717, 1.165) is 0 Å². The van der Waals surface area contributed by atoms with Crippen molar-refractivity contribution in [2.75, 3.05) is 14.1 Å². The normalized spacial score (nSPS) is 8.00. The van der Waals surface area contributed by atoms with Crippen molar-refractivity contribution in [3.05, 3.63) is 0 Å². The molecule has 2 N–H and O–H groups in total. The summed E-state index contributed by atoms with van der Waals surface area (Å²) >= 11 is 0. The van der Waals surface area contributed by atoms with Crippen molar-refractivity contribution < 1.29 is 0 Å². The van der Waals surface area contributed by atoms with Gasteiger partial charge in [-0.15, -0.1) is 0 Å². The predicted molar refractivity (Wildman–Crippen MR) is 37.8 cm³/mol. The molecule has 0 spiro atoms. The average Bonchev–Trinajstić information content (AvgIpc) is 1.41. The standard InChI is InChI=1S/C2H8N2.H6Si2/c1-4(2)3;1-2/h3H2,1-2H3;1-2H3. The Balaban J connectivity index is 0. The Morgan fingerprint density at radius 3 is 1.33 bits per heavy atom. The Labute approximate surface area is 45.3 Å². The van der Waals surface area contributed by atoms with E-state index in [1.54, 1.807) is 14.1 Å². The molecule has 0 aromatic rings. The fourth-order valence-corrected chi connectivity index (χ4v) is 0. The van der Waals surface area contributed by atoms with Gasteiger partial charge in [-0.3, -0.25) is 10.9 Å². The molecule has 0 saturated carbocycles. The number of hydrazine groups is 1. The van der Waals surface area contributed by atoms with Crippen molar-refractivity contribution in [2.24, 2.45) is 5.84 Å². The van der Waals surface area contributed by atoms with Gasteiger partial charge in [0.2, 0.25) is 0 Å². The van der Waals surface area contributed by atoms with Gasteiger partial charge in [0.1, 0.15) is 0 Å². The zero-order valence-electron chi connectivity index (χ0n) is 5.02. The van der Waals surface area contributed by atoms with Crippen LogP contribution in [0.2, 0.25) is 0 Å². The third-order valence-corrected chi connectivity index (χ3v) is 0. The summed E-state index contributed by atoms with van der Waals surface area (Å²) in [5.74, 6) is 4.94. The van der Waals surface area contributed by atoms with E-state index in [1.807, 2.05) is 0 Å². The highest BCUT2D eigenvalue weighted by Gasteiger charge is 1.57. The molecule has 2 nitrogen and oxygen atoms in total. The lowest BCUT2D eigenvalue weighted by Crippen LogP contribution is -2.18. The van der Waals surface area contributed by atoms with E-state index < -0.39 is 0 Å². The predicted octanol–water partition coefficient (Wildman–Crippen LogP) is -2.95. The Morgan fingerprint density at radius 2 is 1.33 bits per heavy atom. The van der Waals surface area contributed by atoms with Crippen molar-refractivity contribution in [1.82, 2.24) is 5.01 Å². The lowest BCUT2D eigenvalue weighted by Gasteiger charge is -1.91. The van der Waals surface area contributed by atoms with Gasteiger partial charge < -0.3 is 0 Å². The molecule has 6 heavy (non-hydrogen) atoms. The summed E-state index contributed by atoms with van der Waals surface area (Å²) in [4.78, 5) is 0. The van der Waals surface area contributed by atoms with E-state index in [0.29, 0.717) is 0 Å². The van der Waals surface area contributed by atoms with Crippen LogP contribution in [-0.2, 0) is 0 Å². The van der Waals surface area contributed by atoms with Crippen LogP contribution in [0.25, 0.3) is 0 Å². The minimum atomic E-state index is 1.44. The highest BCUT2D eigenvalue weighted by molar-refractivity contribution is 6.75. The van der Waals surface area contributed by atoms with Gasteiger partial charge in [-0.2, -0.15) is 0 Å². The molecule has 0 aliphatic heterocycles. The van der Waals surface area contributed by atoms with Gasteiger partial charge in [0.05, 0.1) is 0 Å². The molecule has 0 aliphatic carbocycles. The molecule has 0 radical (unpaired) electrons. The van der Waals surface area contributed by atoms with Crippen molar-refractivity contribution >= 4 is 19.5 Å². The summed E-state index contributed by atoms with van der Waals surface area (Å²) < 4.78 is 0. The van der Waals surface area contributed by atoms with Crippen LogP contribution in [0.5, 0.6) is 0 Å². The van der Waals surface area contributed by atoms with Crippen molar-refractivity contribution in [1.29, 1.82) is 0 Å². The Morgan fingerprint density at radius 1 is 1.33 bits per heavy atom. The second-order valence-electron chi connectivity index (χ2n) is 0.964. The molecule has 0 unspecified atom stereocenters. The maximum absolute atomic E-state index is 4.94. The molecule has 0 heterocycles. The average molecular weight is 122 g/mol. The zero-order valence-corrected chi connectivity index (χ0v) is 9.02. The Bertz CT molecular complexity index is 14.3. The maximum Gasteiger partial charge on any atom is 0.00105 e. The fourth-order valence-electron chi connectivity index (χ4n) is 0. The van der Waals surface area contributed by atoms with E-state index in [-0.39, 0.29) is 0 Å². The fraction of sp³-hybridized carbons (Fsp3) is 1.00. The molecule has 0 fully saturated rings. The zero-order chi connectivity index (χ0) is 5.58. The number of nitrogens with two attached hydrogens (primary N) is 1. The van der Waals surface area contributed by atoms with Gasteiger partial charge in [0, 0.05) is 14.1 Å². The van der Waals surface area contributed by atoms with Crippen molar-refractivity contribution in [2.45, 2.75) is 0 Å². The number of nitrogens with zero attached hydrogens (tertiary/aromatic N) is 1. The highest BCUT2D eigenvalue weighted by atomic mass is 29.1. The SMILES string of the molecule is CN(C)N.[SiH3][SiH3]. The van der Waals surface area contributed by atoms with Gasteiger partial charge in [-0.05, 0) is 19.5 Å². The maximum atomic E-state index is 4.94. The highest BCUT2D eigenvalue weighted by Crippen LogP contribution is 1.37. The number of rotatable bonds is 0. The molecular weight excluding hydrogens is 108 g/mol. The van der Waals surface area contributed by atoms with Gasteiger partial charge in [-0.1, -0.05) is 0 Å². The summed E-state index contributed by atoms with van der Waals surface area (Å²) in [5.41, 5.74) is 0. The summed E-state index contributed by atoms with van der Waals surface area (Å²) in [6.07, 6.45) is 0. The molecule has 0 rings (SSSR count). The van der Waals surface area contributed by atoms with E-state index >= 15 is 0 Å². The smallest absolute Gasteiger partial charge is 0.00105 e. The molecule has 0 aliphatic rings. The molecule has 4 heteroatoms. The molecule has 40 valence electrons. The minimum absolute atomic E-state index is 1.44. The summed E-state index contributed by atoms with van der Waals surface area (Å²) in [7, 11) is 6.44. The Kier molecular flexibility index (Phi) is 14.4. The summed E-state index contributed by atoms with van der Waals surface area (Å²) in [5, 5.41) is 1.50. The lowest BCUT2D eigenvalue weighted by molar-refractivity contribution is 0.432. The first kappa shape index (κ1) is 9.61. The van der Waals surface area contributed by atoms with Gasteiger partial charge in [-0.25, -0.2) is 0 Å². The topological polar surface area (TPSA) is 29.3 Å². The molecule has 0 amide bonds. The van der Waals surface area contributed by atoms with Crippen LogP contribution in [0.1, 0.15) is 0 Å². The van der Waals surface area contributed by atoms with Crippen molar-refractivity contribution in [3.8, 4) is 0 Å². The first-order chi connectivity index (χ1) is 2.73. The molecule has 0 atom stereocenters. The van der Waals surface area contributed by atoms with Crippen LogP contribution in [0.15, 0.2) is 0 Å². The minimum Gasteiger partial charge on any atom is -0.269 e. The largest absolute Gasteiger partial charge is 0.269 e. The van der Waals surface area contributed by atoms with Gasteiger partial charge in [0.25, 0.3) is 0 Å².